The lowest BCUT2D eigenvalue weighted by Gasteiger charge is -2.20. The summed E-state index contributed by atoms with van der Waals surface area (Å²) >= 11 is 0. The molecular weight excluding hydrogens is 245 g/mol. The predicted octanol–water partition coefficient (Wildman–Crippen LogP) is 2.25. The topological polar surface area (TPSA) is 70.1 Å². The molecule has 1 aliphatic rings. The Morgan fingerprint density at radius 3 is 2.11 bits per heavy atom. The molecule has 0 bridgehead atoms. The highest BCUT2D eigenvalue weighted by molar-refractivity contribution is 5.82. The molecule has 1 saturated carbocycles. The van der Waals surface area contributed by atoms with Gasteiger partial charge in [-0.1, -0.05) is 24.3 Å². The minimum Gasteiger partial charge on any atom is -0.385 e. The van der Waals surface area contributed by atoms with Crippen molar-refractivity contribution < 1.29 is 18.3 Å². The van der Waals surface area contributed by atoms with E-state index in [0.29, 0.717) is 5.56 Å². The Balaban J connectivity index is 2.27. The number of nitrogens with two attached hydrogens (primary N) is 1. The van der Waals surface area contributed by atoms with Gasteiger partial charge in [-0.3, -0.25) is 5.41 Å². The van der Waals surface area contributed by atoms with Crippen molar-refractivity contribution in [3.63, 3.8) is 0 Å². The number of aliphatic hydroxyl groups excluding tert-OH is 1. The Hall–Kier alpha value is -1.56. The van der Waals surface area contributed by atoms with Gasteiger partial charge in [0.2, 0.25) is 0 Å². The lowest BCUT2D eigenvalue weighted by Crippen LogP contribution is -2.28. The fourth-order valence-corrected chi connectivity index (χ4v) is 2.02. The van der Waals surface area contributed by atoms with Crippen LogP contribution in [-0.4, -0.2) is 17.1 Å². The first-order valence-electron chi connectivity index (χ1n) is 5.47. The van der Waals surface area contributed by atoms with Crippen LogP contribution in [0.1, 0.15) is 30.1 Å². The highest BCUT2D eigenvalue weighted by Crippen LogP contribution is 2.58. The second-order valence-corrected chi connectivity index (χ2v) is 4.56. The first-order valence-corrected chi connectivity index (χ1v) is 5.47. The summed E-state index contributed by atoms with van der Waals surface area (Å²) in [4.78, 5) is 0. The van der Waals surface area contributed by atoms with Crippen molar-refractivity contribution in [1.29, 1.82) is 5.41 Å². The van der Waals surface area contributed by atoms with Crippen molar-refractivity contribution in [2.75, 3.05) is 0 Å². The molecule has 3 nitrogen and oxygen atoms in total. The highest BCUT2D eigenvalue weighted by atomic mass is 19.4. The van der Waals surface area contributed by atoms with E-state index < -0.39 is 23.5 Å². The third kappa shape index (κ3) is 1.96. The summed E-state index contributed by atoms with van der Waals surface area (Å²) < 4.78 is 38.6. The third-order valence-corrected chi connectivity index (χ3v) is 3.37. The first-order chi connectivity index (χ1) is 8.28. The van der Waals surface area contributed by atoms with Crippen LogP contribution < -0.4 is 5.73 Å². The van der Waals surface area contributed by atoms with Crippen LogP contribution in [0.4, 0.5) is 13.2 Å². The van der Waals surface area contributed by atoms with Crippen LogP contribution in [0.3, 0.4) is 0 Å². The molecule has 1 fully saturated rings. The Morgan fingerprint density at radius 2 is 1.78 bits per heavy atom. The summed E-state index contributed by atoms with van der Waals surface area (Å²) in [6.45, 7) is 0. The van der Waals surface area contributed by atoms with E-state index in [4.69, 9.17) is 11.1 Å². The SMILES string of the molecule is N=C(N)C(O)c1ccc(C2(C(F)(F)F)CC2)cc1. The molecule has 1 unspecified atom stereocenters. The Labute approximate surface area is 102 Å². The molecule has 1 aromatic carbocycles. The maximum Gasteiger partial charge on any atom is 0.398 e. The summed E-state index contributed by atoms with van der Waals surface area (Å²) in [5.74, 6) is -0.431. The quantitative estimate of drug-likeness (QED) is 0.575. The third-order valence-electron chi connectivity index (χ3n) is 3.37. The second kappa shape index (κ2) is 3.98. The van der Waals surface area contributed by atoms with Crippen LogP contribution in [0.25, 0.3) is 0 Å². The number of rotatable bonds is 3. The Morgan fingerprint density at radius 1 is 1.28 bits per heavy atom. The zero-order valence-electron chi connectivity index (χ0n) is 9.46. The predicted molar refractivity (Wildman–Crippen MR) is 60.3 cm³/mol. The number of aliphatic hydroxyl groups is 1. The van der Waals surface area contributed by atoms with Crippen molar-refractivity contribution in [2.24, 2.45) is 5.73 Å². The van der Waals surface area contributed by atoms with E-state index in [-0.39, 0.29) is 18.4 Å². The van der Waals surface area contributed by atoms with E-state index in [0.717, 1.165) is 0 Å². The molecule has 0 saturated heterocycles. The van der Waals surface area contributed by atoms with E-state index in [1.54, 1.807) is 0 Å². The average molecular weight is 258 g/mol. The number of amidine groups is 1. The standard InChI is InChI=1S/C12H13F3N2O/c13-12(14,15)11(5-6-11)8-3-1-7(2-4-8)9(18)10(16)17/h1-4,9,18H,5-6H2,(H3,16,17). The normalized spacial score (nSPS) is 19.3. The minimum atomic E-state index is -4.24. The van der Waals surface area contributed by atoms with E-state index in [2.05, 4.69) is 0 Å². The van der Waals surface area contributed by atoms with E-state index in [1.165, 1.54) is 24.3 Å². The van der Waals surface area contributed by atoms with Gasteiger partial charge in [-0.2, -0.15) is 13.2 Å². The summed E-state index contributed by atoms with van der Waals surface area (Å²) in [5.41, 5.74) is 3.94. The van der Waals surface area contributed by atoms with Gasteiger partial charge in [0, 0.05) is 0 Å². The van der Waals surface area contributed by atoms with Gasteiger partial charge in [0.15, 0.2) is 0 Å². The Bertz CT molecular complexity index is 463. The van der Waals surface area contributed by atoms with Gasteiger partial charge in [0.25, 0.3) is 0 Å². The molecule has 98 valence electrons. The number of nitrogens with one attached hydrogen (secondary N) is 1. The summed E-state index contributed by atoms with van der Waals surface area (Å²) in [7, 11) is 0. The van der Waals surface area contributed by atoms with Gasteiger partial charge >= 0.3 is 6.18 Å². The van der Waals surface area contributed by atoms with Crippen LogP contribution in [0.15, 0.2) is 24.3 Å². The summed E-state index contributed by atoms with van der Waals surface area (Å²) in [6, 6.07) is 5.46. The zero-order chi connectivity index (χ0) is 13.6. The maximum atomic E-state index is 12.9. The molecule has 18 heavy (non-hydrogen) atoms. The van der Waals surface area contributed by atoms with Crippen LogP contribution >= 0.6 is 0 Å². The fourth-order valence-electron chi connectivity index (χ4n) is 2.02. The molecule has 0 amide bonds. The maximum absolute atomic E-state index is 12.9. The molecular formula is C12H13F3N2O. The molecule has 1 atom stereocenters. The van der Waals surface area contributed by atoms with Crippen molar-refractivity contribution in [3.8, 4) is 0 Å². The number of alkyl halides is 3. The molecule has 0 aromatic heterocycles. The fraction of sp³-hybridized carbons (Fsp3) is 0.417. The van der Waals surface area contributed by atoms with Gasteiger partial charge in [-0.05, 0) is 24.0 Å². The molecule has 0 aliphatic heterocycles. The largest absolute Gasteiger partial charge is 0.398 e. The van der Waals surface area contributed by atoms with Crippen molar-refractivity contribution in [1.82, 2.24) is 0 Å². The van der Waals surface area contributed by atoms with Crippen LogP contribution in [0, 0.1) is 5.41 Å². The minimum absolute atomic E-state index is 0.102. The summed E-state index contributed by atoms with van der Waals surface area (Å²) in [5, 5.41) is 16.6. The van der Waals surface area contributed by atoms with Gasteiger partial charge in [0.1, 0.15) is 11.9 Å². The number of hydrogen-bond acceptors (Lipinski definition) is 2. The van der Waals surface area contributed by atoms with Gasteiger partial charge in [0.05, 0.1) is 5.41 Å². The van der Waals surface area contributed by atoms with Gasteiger partial charge in [-0.25, -0.2) is 0 Å². The van der Waals surface area contributed by atoms with Crippen molar-refractivity contribution in [2.45, 2.75) is 30.5 Å². The van der Waals surface area contributed by atoms with E-state index in [1.807, 2.05) is 0 Å². The highest BCUT2D eigenvalue weighted by Gasteiger charge is 2.64. The molecule has 1 aromatic rings. The van der Waals surface area contributed by atoms with Gasteiger partial charge < -0.3 is 10.8 Å². The lowest BCUT2D eigenvalue weighted by atomic mass is 9.93. The van der Waals surface area contributed by atoms with E-state index >= 15 is 0 Å². The van der Waals surface area contributed by atoms with Crippen LogP contribution in [-0.2, 0) is 5.41 Å². The zero-order valence-corrected chi connectivity index (χ0v) is 9.46. The number of benzene rings is 1. The molecule has 0 spiro atoms. The molecule has 2 rings (SSSR count). The monoisotopic (exact) mass is 258 g/mol. The molecule has 4 N–H and O–H groups in total. The van der Waals surface area contributed by atoms with E-state index in [9.17, 15) is 18.3 Å². The first kappa shape index (κ1) is 12.9. The van der Waals surface area contributed by atoms with Gasteiger partial charge in [-0.15, -0.1) is 0 Å². The second-order valence-electron chi connectivity index (χ2n) is 4.56. The molecule has 0 radical (unpaired) electrons. The van der Waals surface area contributed by atoms with Crippen molar-refractivity contribution >= 4 is 5.84 Å². The van der Waals surface area contributed by atoms with Crippen LogP contribution in [0.5, 0.6) is 0 Å². The smallest absolute Gasteiger partial charge is 0.385 e. The average Bonchev–Trinajstić information content (AvgIpc) is 3.08. The molecule has 0 heterocycles. The Kier molecular flexibility index (Phi) is 2.85. The molecule has 1 aliphatic carbocycles. The number of hydrogen-bond donors (Lipinski definition) is 3. The van der Waals surface area contributed by atoms with Crippen molar-refractivity contribution in [3.05, 3.63) is 35.4 Å². The summed E-state index contributed by atoms with van der Waals surface area (Å²) in [6.07, 6.45) is -5.30. The number of halogens is 3. The molecule has 6 heteroatoms. The lowest BCUT2D eigenvalue weighted by molar-refractivity contribution is -0.160. The van der Waals surface area contributed by atoms with Crippen LogP contribution in [0.2, 0.25) is 0 Å².